The summed E-state index contributed by atoms with van der Waals surface area (Å²) in [7, 11) is 0. The highest BCUT2D eigenvalue weighted by molar-refractivity contribution is 9.09. The number of aryl methyl sites for hydroxylation is 1. The van der Waals surface area contributed by atoms with Gasteiger partial charge in [-0.25, -0.2) is 4.79 Å². The van der Waals surface area contributed by atoms with Gasteiger partial charge in [-0.05, 0) is 31.4 Å². The summed E-state index contributed by atoms with van der Waals surface area (Å²) in [6.07, 6.45) is 2.43. The summed E-state index contributed by atoms with van der Waals surface area (Å²) < 4.78 is 4.92. The summed E-state index contributed by atoms with van der Waals surface area (Å²) in [4.78, 5) is 22.8. The lowest BCUT2D eigenvalue weighted by Gasteiger charge is -2.09. The number of esters is 1. The maximum absolute atomic E-state index is 11.7. The fourth-order valence-corrected chi connectivity index (χ4v) is 1.89. The third-order valence-electron chi connectivity index (χ3n) is 2.39. The van der Waals surface area contributed by atoms with E-state index in [1.165, 1.54) is 0 Å². The molecule has 1 rings (SSSR count). The zero-order valence-corrected chi connectivity index (χ0v) is 11.3. The van der Waals surface area contributed by atoms with E-state index < -0.39 is 5.97 Å². The average Bonchev–Trinajstić information content (AvgIpc) is 2.36. The molecule has 0 bridgehead atoms. The first-order valence-electron chi connectivity index (χ1n) is 5.54. The van der Waals surface area contributed by atoms with Gasteiger partial charge in [0.1, 0.15) is 0 Å². The number of alkyl halides is 1. The first-order chi connectivity index (χ1) is 8.24. The normalized spacial score (nSPS) is 10.0. The van der Waals surface area contributed by atoms with Crippen molar-refractivity contribution < 1.29 is 14.3 Å². The predicted octanol–water partition coefficient (Wildman–Crippen LogP) is 3.00. The Hall–Kier alpha value is -1.16. The number of halogens is 1. The second-order valence-corrected chi connectivity index (χ2v) is 4.30. The third kappa shape index (κ3) is 3.66. The van der Waals surface area contributed by atoms with E-state index in [2.05, 4.69) is 15.9 Å². The van der Waals surface area contributed by atoms with Gasteiger partial charge in [0.15, 0.2) is 6.29 Å². The minimum atomic E-state index is -0.435. The maximum atomic E-state index is 11.7. The molecule has 0 N–H and O–H groups in total. The standard InChI is InChI=1S/C13H15BrO3/c1-2-17-13(16)11-7-3-5-10(6-4-8-14)12(11)9-15/h3,5,7,9H,2,4,6,8H2,1H3. The van der Waals surface area contributed by atoms with Crippen molar-refractivity contribution in [2.75, 3.05) is 11.9 Å². The molecule has 0 heterocycles. The molecule has 0 atom stereocenters. The van der Waals surface area contributed by atoms with E-state index >= 15 is 0 Å². The van der Waals surface area contributed by atoms with Crippen LogP contribution in [0.15, 0.2) is 18.2 Å². The summed E-state index contributed by atoms with van der Waals surface area (Å²) >= 11 is 3.35. The van der Waals surface area contributed by atoms with Crippen LogP contribution in [0.25, 0.3) is 0 Å². The average molecular weight is 299 g/mol. The van der Waals surface area contributed by atoms with Gasteiger partial charge in [-0.2, -0.15) is 0 Å². The maximum Gasteiger partial charge on any atom is 0.338 e. The van der Waals surface area contributed by atoms with Gasteiger partial charge in [-0.1, -0.05) is 28.1 Å². The number of rotatable bonds is 6. The molecule has 0 aromatic heterocycles. The fourth-order valence-electron chi connectivity index (χ4n) is 1.61. The molecule has 0 spiro atoms. The van der Waals surface area contributed by atoms with Crippen molar-refractivity contribution in [2.24, 2.45) is 0 Å². The summed E-state index contributed by atoms with van der Waals surface area (Å²) in [6, 6.07) is 5.28. The van der Waals surface area contributed by atoms with Crippen LogP contribution in [-0.4, -0.2) is 24.2 Å². The Bertz CT molecular complexity index is 402. The fraction of sp³-hybridized carbons (Fsp3) is 0.385. The smallest absolute Gasteiger partial charge is 0.338 e. The van der Waals surface area contributed by atoms with Crippen molar-refractivity contribution in [3.63, 3.8) is 0 Å². The molecule has 0 radical (unpaired) electrons. The van der Waals surface area contributed by atoms with Crippen molar-refractivity contribution in [2.45, 2.75) is 19.8 Å². The van der Waals surface area contributed by atoms with Crippen molar-refractivity contribution >= 4 is 28.2 Å². The van der Waals surface area contributed by atoms with Crippen LogP contribution in [0.2, 0.25) is 0 Å². The van der Waals surface area contributed by atoms with Crippen molar-refractivity contribution in [1.29, 1.82) is 0 Å². The first-order valence-corrected chi connectivity index (χ1v) is 6.66. The van der Waals surface area contributed by atoms with E-state index in [0.29, 0.717) is 17.7 Å². The highest BCUT2D eigenvalue weighted by Gasteiger charge is 2.14. The van der Waals surface area contributed by atoms with Crippen LogP contribution in [0.3, 0.4) is 0 Å². The Morgan fingerprint density at radius 1 is 1.47 bits per heavy atom. The molecule has 0 saturated heterocycles. The second-order valence-electron chi connectivity index (χ2n) is 3.51. The number of carbonyl (C=O) groups is 2. The van der Waals surface area contributed by atoms with E-state index in [9.17, 15) is 9.59 Å². The Labute approximate surface area is 109 Å². The van der Waals surface area contributed by atoms with Crippen LogP contribution in [0, 0.1) is 0 Å². The zero-order chi connectivity index (χ0) is 12.7. The van der Waals surface area contributed by atoms with E-state index in [1.807, 2.05) is 6.07 Å². The first kappa shape index (κ1) is 13.9. The predicted molar refractivity (Wildman–Crippen MR) is 69.9 cm³/mol. The lowest BCUT2D eigenvalue weighted by Crippen LogP contribution is -2.10. The van der Waals surface area contributed by atoms with E-state index in [4.69, 9.17) is 4.74 Å². The summed E-state index contributed by atoms with van der Waals surface area (Å²) in [5.74, 6) is -0.435. The molecule has 0 aliphatic rings. The molecule has 0 aliphatic carbocycles. The molecule has 0 fully saturated rings. The Kier molecular flexibility index (Phi) is 5.91. The van der Waals surface area contributed by atoms with Crippen molar-refractivity contribution in [3.8, 4) is 0 Å². The number of carbonyl (C=O) groups excluding carboxylic acids is 2. The topological polar surface area (TPSA) is 43.4 Å². The third-order valence-corrected chi connectivity index (χ3v) is 2.95. The number of aldehydes is 1. The van der Waals surface area contributed by atoms with Crippen LogP contribution in [0.4, 0.5) is 0 Å². The monoisotopic (exact) mass is 298 g/mol. The van der Waals surface area contributed by atoms with Crippen LogP contribution in [-0.2, 0) is 11.2 Å². The van der Waals surface area contributed by atoms with Crippen LogP contribution in [0.1, 0.15) is 39.6 Å². The molecule has 1 aromatic carbocycles. The SMILES string of the molecule is CCOC(=O)c1cccc(CCCBr)c1C=O. The van der Waals surface area contributed by atoms with Gasteiger partial charge in [0.2, 0.25) is 0 Å². The minimum absolute atomic E-state index is 0.308. The summed E-state index contributed by atoms with van der Waals surface area (Å²) in [5.41, 5.74) is 1.70. The molecule has 92 valence electrons. The molecule has 0 unspecified atom stereocenters. The van der Waals surface area contributed by atoms with Gasteiger partial charge >= 0.3 is 5.97 Å². The zero-order valence-electron chi connectivity index (χ0n) is 9.74. The molecular weight excluding hydrogens is 284 g/mol. The molecular formula is C13H15BrO3. The Morgan fingerprint density at radius 2 is 2.24 bits per heavy atom. The van der Waals surface area contributed by atoms with Crippen LogP contribution in [0.5, 0.6) is 0 Å². The van der Waals surface area contributed by atoms with Gasteiger partial charge in [-0.15, -0.1) is 0 Å². The van der Waals surface area contributed by atoms with Gasteiger partial charge in [0, 0.05) is 10.9 Å². The quantitative estimate of drug-likeness (QED) is 0.461. The van der Waals surface area contributed by atoms with Crippen molar-refractivity contribution in [3.05, 3.63) is 34.9 Å². The van der Waals surface area contributed by atoms with Gasteiger partial charge < -0.3 is 4.74 Å². The molecule has 4 heteroatoms. The molecule has 0 amide bonds. The van der Waals surface area contributed by atoms with Crippen LogP contribution < -0.4 is 0 Å². The second kappa shape index (κ2) is 7.22. The van der Waals surface area contributed by atoms with Crippen LogP contribution >= 0.6 is 15.9 Å². The summed E-state index contributed by atoms with van der Waals surface area (Å²) in [5, 5.41) is 0.870. The Morgan fingerprint density at radius 3 is 2.82 bits per heavy atom. The van der Waals surface area contributed by atoms with E-state index in [1.54, 1.807) is 19.1 Å². The van der Waals surface area contributed by atoms with E-state index in [0.717, 1.165) is 30.0 Å². The lowest BCUT2D eigenvalue weighted by molar-refractivity contribution is 0.0524. The number of hydrogen-bond donors (Lipinski definition) is 0. The highest BCUT2D eigenvalue weighted by atomic mass is 79.9. The van der Waals surface area contributed by atoms with Crippen molar-refractivity contribution in [1.82, 2.24) is 0 Å². The van der Waals surface area contributed by atoms with E-state index in [-0.39, 0.29) is 0 Å². The molecule has 3 nitrogen and oxygen atoms in total. The van der Waals surface area contributed by atoms with Gasteiger partial charge in [0.05, 0.1) is 12.2 Å². The summed E-state index contributed by atoms with van der Waals surface area (Å²) in [6.45, 7) is 2.05. The largest absolute Gasteiger partial charge is 0.462 e. The number of benzene rings is 1. The molecule has 17 heavy (non-hydrogen) atoms. The number of hydrogen-bond acceptors (Lipinski definition) is 3. The molecule has 1 aromatic rings. The molecule has 0 aliphatic heterocycles. The Balaban J connectivity index is 3.04. The molecule has 0 saturated carbocycles. The van der Waals surface area contributed by atoms with Gasteiger partial charge in [-0.3, -0.25) is 4.79 Å². The van der Waals surface area contributed by atoms with Gasteiger partial charge in [0.25, 0.3) is 0 Å². The number of ether oxygens (including phenoxy) is 1. The minimum Gasteiger partial charge on any atom is -0.462 e. The lowest BCUT2D eigenvalue weighted by atomic mass is 9.99. The highest BCUT2D eigenvalue weighted by Crippen LogP contribution is 2.16.